The van der Waals surface area contributed by atoms with E-state index in [2.05, 4.69) is 20.8 Å². The lowest BCUT2D eigenvalue weighted by Crippen LogP contribution is -2.12. The maximum atomic E-state index is 12.2. The molecule has 0 bridgehead atoms. The number of amides is 1. The number of aromatic nitrogens is 4. The molecule has 0 aliphatic carbocycles. The monoisotopic (exact) mass is 311 g/mol. The predicted octanol–water partition coefficient (Wildman–Crippen LogP) is 2.64. The van der Waals surface area contributed by atoms with E-state index in [1.165, 1.54) is 11.8 Å². The van der Waals surface area contributed by atoms with E-state index < -0.39 is 0 Å². The van der Waals surface area contributed by atoms with Crippen molar-refractivity contribution in [1.29, 1.82) is 0 Å². The summed E-state index contributed by atoms with van der Waals surface area (Å²) in [6, 6.07) is 16.5. The van der Waals surface area contributed by atoms with Crippen LogP contribution in [0.15, 0.2) is 59.8 Å². The van der Waals surface area contributed by atoms with E-state index >= 15 is 0 Å². The summed E-state index contributed by atoms with van der Waals surface area (Å²) in [6.07, 6.45) is 1.91. The van der Waals surface area contributed by atoms with Crippen molar-refractivity contribution in [1.82, 2.24) is 20.2 Å². The maximum absolute atomic E-state index is 12.2. The molecule has 1 N–H and O–H groups in total. The highest BCUT2D eigenvalue weighted by Gasteiger charge is 2.09. The third-order valence-electron chi connectivity index (χ3n) is 3.01. The zero-order chi connectivity index (χ0) is 15.4. The van der Waals surface area contributed by atoms with Gasteiger partial charge in [0.25, 0.3) is 5.91 Å². The number of carbonyl (C=O) groups excluding carboxylic acids is 1. The highest BCUT2D eigenvalue weighted by Crippen LogP contribution is 2.19. The summed E-state index contributed by atoms with van der Waals surface area (Å²) in [4.78, 5) is 12.2. The molecule has 3 rings (SSSR count). The van der Waals surface area contributed by atoms with E-state index in [-0.39, 0.29) is 5.91 Å². The van der Waals surface area contributed by atoms with Gasteiger partial charge in [-0.3, -0.25) is 4.79 Å². The van der Waals surface area contributed by atoms with Crippen LogP contribution in [-0.2, 0) is 0 Å². The zero-order valence-corrected chi connectivity index (χ0v) is 12.6. The highest BCUT2D eigenvalue weighted by molar-refractivity contribution is 7.98. The van der Waals surface area contributed by atoms with Crippen molar-refractivity contribution in [2.24, 2.45) is 0 Å². The molecule has 0 saturated carbocycles. The van der Waals surface area contributed by atoms with E-state index in [1.54, 1.807) is 16.8 Å². The molecule has 6 nitrogen and oxygen atoms in total. The fourth-order valence-corrected chi connectivity index (χ4v) is 2.41. The molecule has 0 radical (unpaired) electrons. The molecule has 110 valence electrons. The van der Waals surface area contributed by atoms with Crippen molar-refractivity contribution in [3.8, 4) is 5.69 Å². The first-order valence-corrected chi connectivity index (χ1v) is 7.79. The smallest absolute Gasteiger partial charge is 0.255 e. The first kappa shape index (κ1) is 14.3. The molecule has 2 aromatic carbocycles. The molecular weight excluding hydrogens is 298 g/mol. The molecule has 1 heterocycles. The van der Waals surface area contributed by atoms with E-state index in [9.17, 15) is 4.79 Å². The van der Waals surface area contributed by atoms with Crippen LogP contribution in [0, 0.1) is 0 Å². The van der Waals surface area contributed by atoms with Crippen LogP contribution in [0.5, 0.6) is 0 Å². The van der Waals surface area contributed by atoms with Gasteiger partial charge in [0, 0.05) is 11.3 Å². The van der Waals surface area contributed by atoms with Gasteiger partial charge in [-0.05, 0) is 47.0 Å². The summed E-state index contributed by atoms with van der Waals surface area (Å²) in [6.45, 7) is 0. The van der Waals surface area contributed by atoms with Crippen molar-refractivity contribution < 1.29 is 4.79 Å². The first-order chi connectivity index (χ1) is 10.8. The Balaban J connectivity index is 1.84. The molecule has 22 heavy (non-hydrogen) atoms. The van der Waals surface area contributed by atoms with Gasteiger partial charge < -0.3 is 5.32 Å². The normalized spacial score (nSPS) is 10.4. The second kappa shape index (κ2) is 6.40. The molecule has 1 aromatic heterocycles. The number of nitrogens with zero attached hydrogens (tertiary/aromatic N) is 4. The highest BCUT2D eigenvalue weighted by atomic mass is 32.2. The lowest BCUT2D eigenvalue weighted by atomic mass is 10.2. The number of hydrogen-bond acceptors (Lipinski definition) is 5. The quantitative estimate of drug-likeness (QED) is 0.750. The largest absolute Gasteiger partial charge is 0.322 e. The summed E-state index contributed by atoms with van der Waals surface area (Å²) in [5.41, 5.74) is 2.09. The number of hydrogen-bond donors (Lipinski definition) is 1. The third kappa shape index (κ3) is 2.99. The van der Waals surface area contributed by atoms with Gasteiger partial charge in [-0.2, -0.15) is 4.68 Å². The van der Waals surface area contributed by atoms with E-state index in [0.717, 1.165) is 5.69 Å². The second-order valence-electron chi connectivity index (χ2n) is 4.45. The SMILES string of the molecule is CSc1nnnn1-c1cccc(NC(=O)c2ccccc2)c1. The molecule has 0 saturated heterocycles. The lowest BCUT2D eigenvalue weighted by Gasteiger charge is -2.08. The van der Waals surface area contributed by atoms with Gasteiger partial charge in [0.15, 0.2) is 0 Å². The Morgan fingerprint density at radius 3 is 2.73 bits per heavy atom. The summed E-state index contributed by atoms with van der Waals surface area (Å²) < 4.78 is 1.63. The fraction of sp³-hybridized carbons (Fsp3) is 0.0667. The zero-order valence-electron chi connectivity index (χ0n) is 11.8. The van der Waals surface area contributed by atoms with Gasteiger partial charge in [0.1, 0.15) is 0 Å². The molecule has 0 aliphatic rings. The average molecular weight is 311 g/mol. The number of thioether (sulfide) groups is 1. The number of carbonyl (C=O) groups is 1. The molecule has 0 aliphatic heterocycles. The van der Waals surface area contributed by atoms with Crippen molar-refractivity contribution in [3.63, 3.8) is 0 Å². The van der Waals surface area contributed by atoms with Gasteiger partial charge in [-0.15, -0.1) is 5.10 Å². The molecule has 0 unspecified atom stereocenters. The molecule has 0 atom stereocenters. The number of benzene rings is 2. The molecule has 7 heteroatoms. The van der Waals surface area contributed by atoms with Crippen LogP contribution >= 0.6 is 11.8 Å². The van der Waals surface area contributed by atoms with Crippen molar-refractivity contribution in [2.45, 2.75) is 5.16 Å². The van der Waals surface area contributed by atoms with Crippen LogP contribution in [-0.4, -0.2) is 32.4 Å². The maximum Gasteiger partial charge on any atom is 0.255 e. The average Bonchev–Trinajstić information content (AvgIpc) is 3.04. The van der Waals surface area contributed by atoms with Gasteiger partial charge >= 0.3 is 0 Å². The number of nitrogens with one attached hydrogen (secondary N) is 1. The van der Waals surface area contributed by atoms with Gasteiger partial charge in [-0.25, -0.2) is 0 Å². The minimum atomic E-state index is -0.153. The number of anilines is 1. The Hall–Kier alpha value is -2.67. The Morgan fingerprint density at radius 2 is 1.95 bits per heavy atom. The fourth-order valence-electron chi connectivity index (χ4n) is 1.98. The van der Waals surface area contributed by atoms with Gasteiger partial charge in [-0.1, -0.05) is 36.0 Å². The third-order valence-corrected chi connectivity index (χ3v) is 3.63. The summed E-state index contributed by atoms with van der Waals surface area (Å²) in [7, 11) is 0. The van der Waals surface area contributed by atoms with E-state index in [1.807, 2.05) is 48.7 Å². The van der Waals surface area contributed by atoms with Crippen LogP contribution in [0.25, 0.3) is 5.69 Å². The first-order valence-electron chi connectivity index (χ1n) is 6.57. The molecular formula is C15H13N5OS. The number of rotatable bonds is 4. The minimum absolute atomic E-state index is 0.153. The Bertz CT molecular complexity index is 787. The second-order valence-corrected chi connectivity index (χ2v) is 5.22. The molecule has 3 aromatic rings. The Kier molecular flexibility index (Phi) is 4.15. The summed E-state index contributed by atoms with van der Waals surface area (Å²) in [5, 5.41) is 15.1. The minimum Gasteiger partial charge on any atom is -0.322 e. The standard InChI is InChI=1S/C15H13N5OS/c1-22-15-17-18-19-20(15)13-9-5-8-12(10-13)16-14(21)11-6-3-2-4-7-11/h2-10H,1H3,(H,16,21). The summed E-state index contributed by atoms with van der Waals surface area (Å²) in [5.74, 6) is -0.153. The van der Waals surface area contributed by atoms with Crippen LogP contribution in [0.2, 0.25) is 0 Å². The van der Waals surface area contributed by atoms with Gasteiger partial charge in [0.05, 0.1) is 5.69 Å². The Morgan fingerprint density at radius 1 is 1.14 bits per heavy atom. The Labute approximate surface area is 131 Å². The van der Waals surface area contributed by atoms with Crippen LogP contribution in [0.1, 0.15) is 10.4 Å². The number of tetrazole rings is 1. The van der Waals surface area contributed by atoms with Gasteiger partial charge in [0.2, 0.25) is 5.16 Å². The van der Waals surface area contributed by atoms with E-state index in [4.69, 9.17) is 0 Å². The predicted molar refractivity (Wildman–Crippen MR) is 85.3 cm³/mol. The van der Waals surface area contributed by atoms with Crippen molar-refractivity contribution >= 4 is 23.4 Å². The van der Waals surface area contributed by atoms with Crippen LogP contribution < -0.4 is 5.32 Å². The molecule has 0 spiro atoms. The van der Waals surface area contributed by atoms with E-state index in [0.29, 0.717) is 16.4 Å². The van der Waals surface area contributed by atoms with Crippen LogP contribution in [0.3, 0.4) is 0 Å². The topological polar surface area (TPSA) is 72.7 Å². The van der Waals surface area contributed by atoms with Crippen molar-refractivity contribution in [2.75, 3.05) is 11.6 Å². The summed E-state index contributed by atoms with van der Waals surface area (Å²) >= 11 is 1.45. The molecule has 1 amide bonds. The lowest BCUT2D eigenvalue weighted by molar-refractivity contribution is 0.102. The van der Waals surface area contributed by atoms with Crippen LogP contribution in [0.4, 0.5) is 5.69 Å². The van der Waals surface area contributed by atoms with Crippen molar-refractivity contribution in [3.05, 3.63) is 60.2 Å². The molecule has 0 fully saturated rings.